The highest BCUT2D eigenvalue weighted by Crippen LogP contribution is 2.25. The molecule has 2 fully saturated rings. The summed E-state index contributed by atoms with van der Waals surface area (Å²) in [7, 11) is -6.78. The molecule has 1 amide bonds. The van der Waals surface area contributed by atoms with Crippen molar-refractivity contribution in [3.05, 3.63) is 54.1 Å². The van der Waals surface area contributed by atoms with Crippen LogP contribution in [0.15, 0.2) is 53.4 Å². The van der Waals surface area contributed by atoms with Crippen LogP contribution >= 0.6 is 0 Å². The molecule has 11 heteroatoms. The second-order valence-corrected chi connectivity index (χ2v) is 12.3. The topological polar surface area (TPSA) is 107 Å². The maximum Gasteiger partial charge on any atom is 0.243 e. The zero-order valence-corrected chi connectivity index (χ0v) is 20.1. The predicted molar refractivity (Wildman–Crippen MR) is 127 cm³/mol. The van der Waals surface area contributed by atoms with Gasteiger partial charge < -0.3 is 5.32 Å². The van der Waals surface area contributed by atoms with Crippen LogP contribution < -0.4 is 9.62 Å². The molecule has 33 heavy (non-hydrogen) atoms. The number of amides is 1. The second-order valence-electron chi connectivity index (χ2n) is 8.33. The van der Waals surface area contributed by atoms with Gasteiger partial charge in [-0.05, 0) is 49.7 Å². The van der Waals surface area contributed by atoms with Crippen LogP contribution in [0.2, 0.25) is 0 Å². The monoisotopic (exact) mass is 492 g/mol. The Morgan fingerprint density at radius 1 is 0.939 bits per heavy atom. The van der Waals surface area contributed by atoms with Crippen molar-refractivity contribution in [1.82, 2.24) is 9.21 Å². The molecule has 0 atom stereocenters. The highest BCUT2D eigenvalue weighted by molar-refractivity contribution is 7.93. The average molecular weight is 493 g/mol. The molecule has 9 nitrogen and oxygen atoms in total. The summed E-state index contributed by atoms with van der Waals surface area (Å²) in [4.78, 5) is 14.7. The van der Waals surface area contributed by atoms with E-state index in [1.807, 2.05) is 11.8 Å². The summed E-state index contributed by atoms with van der Waals surface area (Å²) in [5.74, 6) is -0.0446. The molecule has 0 saturated carbocycles. The molecule has 0 spiro atoms. The minimum absolute atomic E-state index is 0.153. The van der Waals surface area contributed by atoms with Crippen molar-refractivity contribution >= 4 is 37.3 Å². The van der Waals surface area contributed by atoms with Gasteiger partial charge in [-0.3, -0.25) is 14.0 Å². The molecular formula is C22H28N4O5S2. The lowest BCUT2D eigenvalue weighted by molar-refractivity contribution is -0.117. The first-order valence-electron chi connectivity index (χ1n) is 10.8. The third-order valence-corrected chi connectivity index (χ3v) is 9.68. The second kappa shape index (κ2) is 9.41. The molecule has 178 valence electrons. The Bertz CT molecular complexity index is 1200. The van der Waals surface area contributed by atoms with Crippen molar-refractivity contribution in [2.45, 2.75) is 18.2 Å². The number of nitrogens with one attached hydrogen (secondary N) is 1. The van der Waals surface area contributed by atoms with Gasteiger partial charge in [-0.2, -0.15) is 4.31 Å². The van der Waals surface area contributed by atoms with Gasteiger partial charge in [-0.1, -0.05) is 17.7 Å². The zero-order valence-electron chi connectivity index (χ0n) is 18.5. The first kappa shape index (κ1) is 23.7. The third-order valence-electron chi connectivity index (χ3n) is 5.90. The average Bonchev–Trinajstić information content (AvgIpc) is 3.14. The van der Waals surface area contributed by atoms with Crippen LogP contribution in [0.5, 0.6) is 0 Å². The summed E-state index contributed by atoms with van der Waals surface area (Å²) >= 11 is 0. The fourth-order valence-corrected chi connectivity index (χ4v) is 7.02. The fourth-order valence-electron chi connectivity index (χ4n) is 4.03. The number of sulfonamides is 2. The number of nitrogens with zero attached hydrogens (tertiary/aromatic N) is 3. The van der Waals surface area contributed by atoms with Crippen molar-refractivity contribution in [1.29, 1.82) is 0 Å². The van der Waals surface area contributed by atoms with Gasteiger partial charge in [0.2, 0.25) is 26.0 Å². The summed E-state index contributed by atoms with van der Waals surface area (Å²) in [6.45, 7) is 4.10. The summed E-state index contributed by atoms with van der Waals surface area (Å²) < 4.78 is 52.6. The van der Waals surface area contributed by atoms with Crippen LogP contribution in [-0.2, 0) is 24.8 Å². The maximum atomic E-state index is 12.8. The van der Waals surface area contributed by atoms with Crippen LogP contribution in [0.3, 0.4) is 0 Å². The van der Waals surface area contributed by atoms with E-state index >= 15 is 0 Å². The largest absolute Gasteiger partial charge is 0.325 e. The van der Waals surface area contributed by atoms with Gasteiger partial charge in [0, 0.05) is 38.4 Å². The van der Waals surface area contributed by atoms with Crippen LogP contribution in [-0.4, -0.2) is 77.0 Å². The SMILES string of the molecule is Cc1ccc(S(=O)(=O)N2CCN(CC(=O)Nc3ccc(N4CCCS4(=O)=O)cc3)CC2)cc1. The molecule has 0 aromatic heterocycles. The van der Waals surface area contributed by atoms with E-state index in [2.05, 4.69) is 5.32 Å². The number of carbonyl (C=O) groups excluding carboxylic acids is 1. The van der Waals surface area contributed by atoms with Crippen molar-refractivity contribution < 1.29 is 21.6 Å². The Labute approximate surface area is 195 Å². The lowest BCUT2D eigenvalue weighted by atomic mass is 10.2. The highest BCUT2D eigenvalue weighted by atomic mass is 32.2. The fraction of sp³-hybridized carbons (Fsp3) is 0.409. The molecule has 2 aliphatic heterocycles. The van der Waals surface area contributed by atoms with Gasteiger partial charge in [0.1, 0.15) is 0 Å². The molecule has 0 radical (unpaired) electrons. The molecule has 2 saturated heterocycles. The van der Waals surface area contributed by atoms with Crippen LogP contribution in [0.4, 0.5) is 11.4 Å². The normalized spacial score (nSPS) is 19.5. The molecule has 0 unspecified atom stereocenters. The van der Waals surface area contributed by atoms with E-state index in [9.17, 15) is 21.6 Å². The molecule has 2 aromatic rings. The van der Waals surface area contributed by atoms with E-state index < -0.39 is 20.0 Å². The predicted octanol–water partition coefficient (Wildman–Crippen LogP) is 1.48. The van der Waals surface area contributed by atoms with Crippen molar-refractivity contribution in [3.8, 4) is 0 Å². The number of hydrogen-bond acceptors (Lipinski definition) is 6. The van der Waals surface area contributed by atoms with Crippen LogP contribution in [0.25, 0.3) is 0 Å². The number of aryl methyl sites for hydroxylation is 1. The Hall–Kier alpha value is -2.47. The minimum atomic E-state index is -3.54. The summed E-state index contributed by atoms with van der Waals surface area (Å²) in [6, 6.07) is 13.6. The number of piperazine rings is 1. The minimum Gasteiger partial charge on any atom is -0.325 e. The van der Waals surface area contributed by atoms with Gasteiger partial charge in [-0.15, -0.1) is 0 Å². The summed E-state index contributed by atoms with van der Waals surface area (Å²) in [5.41, 5.74) is 2.18. The van der Waals surface area contributed by atoms with Gasteiger partial charge in [0.05, 0.1) is 22.9 Å². The summed E-state index contributed by atoms with van der Waals surface area (Å²) in [5, 5.41) is 2.82. The molecule has 1 N–H and O–H groups in total. The molecule has 2 aliphatic rings. The molecule has 2 heterocycles. The highest BCUT2D eigenvalue weighted by Gasteiger charge is 2.30. The van der Waals surface area contributed by atoms with Gasteiger partial charge in [0.25, 0.3) is 0 Å². The van der Waals surface area contributed by atoms with Gasteiger partial charge >= 0.3 is 0 Å². The van der Waals surface area contributed by atoms with E-state index in [1.165, 1.54) is 8.61 Å². The zero-order chi connectivity index (χ0) is 23.6. The van der Waals surface area contributed by atoms with Crippen LogP contribution in [0.1, 0.15) is 12.0 Å². The van der Waals surface area contributed by atoms with Crippen molar-refractivity contribution in [2.75, 3.05) is 54.6 Å². The molecule has 4 rings (SSSR count). The lowest BCUT2D eigenvalue weighted by Gasteiger charge is -2.33. The lowest BCUT2D eigenvalue weighted by Crippen LogP contribution is -2.50. The van der Waals surface area contributed by atoms with E-state index in [0.717, 1.165) is 5.56 Å². The number of hydrogen-bond donors (Lipinski definition) is 1. The smallest absolute Gasteiger partial charge is 0.243 e. The van der Waals surface area contributed by atoms with Crippen molar-refractivity contribution in [2.24, 2.45) is 0 Å². The van der Waals surface area contributed by atoms with Crippen molar-refractivity contribution in [3.63, 3.8) is 0 Å². The number of carbonyl (C=O) groups is 1. The summed E-state index contributed by atoms with van der Waals surface area (Å²) in [6.07, 6.45) is 0.612. The quantitative estimate of drug-likeness (QED) is 0.655. The van der Waals surface area contributed by atoms with E-state index in [1.54, 1.807) is 48.5 Å². The Morgan fingerprint density at radius 3 is 2.15 bits per heavy atom. The number of anilines is 2. The third kappa shape index (κ3) is 5.37. The first-order chi connectivity index (χ1) is 15.6. The molecule has 2 aromatic carbocycles. The van der Waals surface area contributed by atoms with E-state index in [0.29, 0.717) is 50.5 Å². The van der Waals surface area contributed by atoms with E-state index in [-0.39, 0.29) is 23.1 Å². The standard InChI is InChI=1S/C22H28N4O5S2/c1-18-3-9-21(10-4-18)33(30,31)25-14-12-24(13-15-25)17-22(27)23-19-5-7-20(8-6-19)26-11-2-16-32(26,28)29/h3-10H,2,11-17H2,1H3,(H,23,27). The number of benzene rings is 2. The Kier molecular flexibility index (Phi) is 6.76. The Balaban J connectivity index is 1.28. The molecular weight excluding hydrogens is 464 g/mol. The molecule has 0 bridgehead atoms. The Morgan fingerprint density at radius 2 is 1.58 bits per heavy atom. The van der Waals surface area contributed by atoms with Gasteiger partial charge in [-0.25, -0.2) is 16.8 Å². The molecule has 0 aliphatic carbocycles. The van der Waals surface area contributed by atoms with Gasteiger partial charge in [0.15, 0.2) is 0 Å². The number of rotatable bonds is 6. The maximum absolute atomic E-state index is 12.8. The van der Waals surface area contributed by atoms with Crippen LogP contribution in [0, 0.1) is 6.92 Å². The van der Waals surface area contributed by atoms with E-state index in [4.69, 9.17) is 0 Å². The first-order valence-corrected chi connectivity index (χ1v) is 13.9.